The van der Waals surface area contributed by atoms with Crippen molar-refractivity contribution in [1.29, 1.82) is 0 Å². The summed E-state index contributed by atoms with van der Waals surface area (Å²) in [5.74, 6) is -0.377. The van der Waals surface area contributed by atoms with Gasteiger partial charge >= 0.3 is 0 Å². The summed E-state index contributed by atoms with van der Waals surface area (Å²) in [5.41, 5.74) is -0.267. The minimum atomic E-state index is -1.05. The summed E-state index contributed by atoms with van der Waals surface area (Å²) < 4.78 is 0. The molecule has 2 aliphatic rings. The van der Waals surface area contributed by atoms with Gasteiger partial charge in [-0.25, -0.2) is 0 Å². The smallest absolute Gasteiger partial charge is 0.253 e. The predicted octanol–water partition coefficient (Wildman–Crippen LogP) is 4.17. The van der Waals surface area contributed by atoms with Crippen LogP contribution in [0.15, 0.2) is 48.8 Å². The van der Waals surface area contributed by atoms with Crippen molar-refractivity contribution in [3.05, 3.63) is 64.9 Å². The highest BCUT2D eigenvalue weighted by Gasteiger charge is 2.50. The Bertz CT molecular complexity index is 996. The molecule has 33 heavy (non-hydrogen) atoms. The van der Waals surface area contributed by atoms with E-state index in [9.17, 15) is 14.7 Å². The number of benzene rings is 1. The monoisotopic (exact) mass is 469 g/mol. The number of carbonyl (C=O) groups is 2. The minimum Gasteiger partial charge on any atom is -0.384 e. The van der Waals surface area contributed by atoms with Crippen LogP contribution in [0.5, 0.6) is 0 Å². The molecule has 0 spiro atoms. The number of aromatic nitrogens is 1. The molecule has 1 aromatic heterocycles. The number of hydrogen-bond donors (Lipinski definition) is 2. The number of halogens is 1. The Balaban J connectivity index is 1.48. The number of hydrogen-bond acceptors (Lipinski definition) is 4. The van der Waals surface area contributed by atoms with Crippen LogP contribution in [0.4, 0.5) is 0 Å². The summed E-state index contributed by atoms with van der Waals surface area (Å²) >= 11 is 6.04. The van der Waals surface area contributed by atoms with Gasteiger partial charge in [0.2, 0.25) is 5.91 Å². The lowest BCUT2D eigenvalue weighted by atomic mass is 9.66. The van der Waals surface area contributed by atoms with E-state index in [0.29, 0.717) is 30.1 Å². The number of rotatable bonds is 4. The van der Waals surface area contributed by atoms with Crippen molar-refractivity contribution in [3.63, 3.8) is 0 Å². The van der Waals surface area contributed by atoms with E-state index in [1.807, 2.05) is 30.9 Å². The molecule has 4 rings (SSSR count). The van der Waals surface area contributed by atoms with E-state index in [-0.39, 0.29) is 23.8 Å². The van der Waals surface area contributed by atoms with Crippen molar-refractivity contribution >= 4 is 23.4 Å². The Morgan fingerprint density at radius 2 is 1.88 bits per heavy atom. The molecule has 1 aliphatic carbocycles. The lowest BCUT2D eigenvalue weighted by Crippen LogP contribution is -2.59. The Morgan fingerprint density at radius 1 is 1.15 bits per heavy atom. The lowest BCUT2D eigenvalue weighted by molar-refractivity contribution is -0.158. The zero-order chi connectivity index (χ0) is 23.6. The summed E-state index contributed by atoms with van der Waals surface area (Å²) in [7, 11) is 0. The van der Waals surface area contributed by atoms with Crippen LogP contribution in [0.2, 0.25) is 5.02 Å². The van der Waals surface area contributed by atoms with Crippen molar-refractivity contribution in [1.82, 2.24) is 15.2 Å². The van der Waals surface area contributed by atoms with Crippen LogP contribution in [0.25, 0.3) is 0 Å². The zero-order valence-corrected chi connectivity index (χ0v) is 20.0. The minimum absolute atomic E-state index is 0.0671. The summed E-state index contributed by atoms with van der Waals surface area (Å²) in [6, 6.07) is 10.6. The van der Waals surface area contributed by atoms with Crippen LogP contribution in [0.3, 0.4) is 0 Å². The molecule has 3 atom stereocenters. The molecule has 1 saturated carbocycles. The van der Waals surface area contributed by atoms with Crippen LogP contribution in [-0.2, 0) is 10.4 Å². The summed E-state index contributed by atoms with van der Waals surface area (Å²) in [4.78, 5) is 32.2. The van der Waals surface area contributed by atoms with Crippen molar-refractivity contribution in [2.75, 3.05) is 13.1 Å². The third-order valence-electron chi connectivity index (χ3n) is 7.41. The Hall–Kier alpha value is -2.44. The predicted molar refractivity (Wildman–Crippen MR) is 128 cm³/mol. The van der Waals surface area contributed by atoms with Gasteiger partial charge in [-0.3, -0.25) is 14.6 Å². The van der Waals surface area contributed by atoms with Gasteiger partial charge in [0, 0.05) is 42.0 Å². The first-order valence-electron chi connectivity index (χ1n) is 11.7. The van der Waals surface area contributed by atoms with Gasteiger partial charge in [-0.05, 0) is 49.1 Å². The maximum Gasteiger partial charge on any atom is 0.253 e. The molecule has 0 radical (unpaired) electrons. The third-order valence-corrected chi connectivity index (χ3v) is 7.66. The molecule has 2 heterocycles. The average molecular weight is 470 g/mol. The normalized spacial score (nSPS) is 27.1. The SMILES string of the molecule is CC1(C)CN(C(=O)[C@H]2CCCC[C@H]2NC(=O)c2cccnc2)CC[C@]1(O)c1ccc(Cl)cc1. The molecular formula is C26H32ClN3O3. The van der Waals surface area contributed by atoms with Crippen LogP contribution in [-0.4, -0.2) is 45.9 Å². The lowest BCUT2D eigenvalue weighted by Gasteiger charge is -2.51. The quantitative estimate of drug-likeness (QED) is 0.704. The second kappa shape index (κ2) is 9.43. The molecule has 2 N–H and O–H groups in total. The van der Waals surface area contributed by atoms with Crippen molar-refractivity contribution in [2.45, 2.75) is 57.6 Å². The topological polar surface area (TPSA) is 82.5 Å². The number of amides is 2. The third kappa shape index (κ3) is 4.78. The summed E-state index contributed by atoms with van der Waals surface area (Å²) in [5, 5.41) is 15.3. The highest BCUT2D eigenvalue weighted by Crippen LogP contribution is 2.46. The van der Waals surface area contributed by atoms with Crippen LogP contribution in [0.1, 0.15) is 61.9 Å². The molecule has 7 heteroatoms. The van der Waals surface area contributed by atoms with E-state index >= 15 is 0 Å². The standard InChI is InChI=1S/C26H32ClN3O3/c1-25(2)17-30(15-13-26(25,33)19-9-11-20(27)12-10-19)24(32)21-7-3-4-8-22(21)29-23(31)18-6-5-14-28-16-18/h5-6,9-12,14,16,21-22,33H,3-4,7-8,13,15,17H2,1-2H3,(H,29,31)/t21-,22+,26-/m0/s1. The molecule has 2 aromatic rings. The molecular weight excluding hydrogens is 438 g/mol. The number of likely N-dealkylation sites (tertiary alicyclic amines) is 1. The Morgan fingerprint density at radius 3 is 2.55 bits per heavy atom. The number of carbonyl (C=O) groups excluding carboxylic acids is 2. The average Bonchev–Trinajstić information content (AvgIpc) is 2.81. The van der Waals surface area contributed by atoms with E-state index in [1.54, 1.807) is 36.7 Å². The van der Waals surface area contributed by atoms with E-state index in [0.717, 1.165) is 31.2 Å². The molecule has 0 bridgehead atoms. The Kier molecular flexibility index (Phi) is 6.78. The maximum absolute atomic E-state index is 13.6. The highest BCUT2D eigenvalue weighted by molar-refractivity contribution is 6.30. The fourth-order valence-corrected chi connectivity index (χ4v) is 5.48. The number of piperidine rings is 1. The summed E-state index contributed by atoms with van der Waals surface area (Å²) in [6.07, 6.45) is 7.13. The van der Waals surface area contributed by atoms with E-state index in [1.165, 1.54) is 0 Å². The van der Waals surface area contributed by atoms with Crippen molar-refractivity contribution < 1.29 is 14.7 Å². The highest BCUT2D eigenvalue weighted by atomic mass is 35.5. The first kappa shape index (κ1) is 23.7. The van der Waals surface area contributed by atoms with Crippen LogP contribution >= 0.6 is 11.6 Å². The van der Waals surface area contributed by atoms with Gasteiger partial charge in [-0.2, -0.15) is 0 Å². The van der Waals surface area contributed by atoms with Gasteiger partial charge in [0.1, 0.15) is 0 Å². The molecule has 1 saturated heterocycles. The van der Waals surface area contributed by atoms with E-state index < -0.39 is 11.0 Å². The fourth-order valence-electron chi connectivity index (χ4n) is 5.35. The van der Waals surface area contributed by atoms with E-state index in [4.69, 9.17) is 11.6 Å². The number of pyridine rings is 1. The van der Waals surface area contributed by atoms with Gasteiger partial charge < -0.3 is 15.3 Å². The first-order chi connectivity index (χ1) is 15.7. The van der Waals surface area contributed by atoms with Crippen LogP contribution in [0, 0.1) is 11.3 Å². The van der Waals surface area contributed by atoms with Gasteiger partial charge in [0.25, 0.3) is 5.91 Å². The second-order valence-corrected chi connectivity index (χ2v) is 10.4. The van der Waals surface area contributed by atoms with Gasteiger partial charge in [-0.15, -0.1) is 0 Å². The van der Waals surface area contributed by atoms with Crippen LogP contribution < -0.4 is 5.32 Å². The molecule has 6 nitrogen and oxygen atoms in total. The number of aliphatic hydroxyl groups is 1. The largest absolute Gasteiger partial charge is 0.384 e. The molecule has 1 aromatic carbocycles. The maximum atomic E-state index is 13.6. The van der Waals surface area contributed by atoms with Crippen molar-refractivity contribution in [3.8, 4) is 0 Å². The zero-order valence-electron chi connectivity index (χ0n) is 19.3. The van der Waals surface area contributed by atoms with Gasteiger partial charge in [-0.1, -0.05) is 50.4 Å². The molecule has 2 amide bonds. The number of nitrogens with zero attached hydrogens (tertiary/aromatic N) is 2. The first-order valence-corrected chi connectivity index (χ1v) is 12.1. The summed E-state index contributed by atoms with van der Waals surface area (Å²) in [6.45, 7) is 4.93. The van der Waals surface area contributed by atoms with Gasteiger partial charge in [0.15, 0.2) is 0 Å². The van der Waals surface area contributed by atoms with Gasteiger partial charge in [0.05, 0.1) is 17.1 Å². The molecule has 176 valence electrons. The Labute approximate surface area is 200 Å². The molecule has 2 fully saturated rings. The molecule has 1 aliphatic heterocycles. The fraction of sp³-hybridized carbons (Fsp3) is 0.500. The number of nitrogens with one attached hydrogen (secondary N) is 1. The van der Waals surface area contributed by atoms with E-state index in [2.05, 4.69) is 10.3 Å². The van der Waals surface area contributed by atoms with Crippen molar-refractivity contribution in [2.24, 2.45) is 11.3 Å². The second-order valence-electron chi connectivity index (χ2n) is 9.97. The molecule has 0 unspecified atom stereocenters.